The zero-order valence-electron chi connectivity index (χ0n) is 17.5. The number of ketones is 1. The molecule has 1 fully saturated rings. The topological polar surface area (TPSA) is 76.1 Å². The van der Waals surface area contributed by atoms with E-state index in [0.29, 0.717) is 43.4 Å². The predicted molar refractivity (Wildman–Crippen MR) is 117 cm³/mol. The predicted octanol–water partition coefficient (Wildman–Crippen LogP) is 4.24. The fourth-order valence-electron chi connectivity index (χ4n) is 3.36. The van der Waals surface area contributed by atoms with Gasteiger partial charge in [-0.3, -0.25) is 9.59 Å². The van der Waals surface area contributed by atoms with Crippen molar-refractivity contribution in [1.29, 1.82) is 0 Å². The van der Waals surface area contributed by atoms with Gasteiger partial charge in [0.25, 0.3) is 11.7 Å². The van der Waals surface area contributed by atoms with Crippen LogP contribution in [0.1, 0.15) is 36.8 Å². The lowest BCUT2D eigenvalue weighted by molar-refractivity contribution is -0.140. The Balaban J connectivity index is 1.95. The maximum atomic E-state index is 12.9. The minimum absolute atomic E-state index is 0.121. The second kappa shape index (κ2) is 9.91. The highest BCUT2D eigenvalue weighted by Crippen LogP contribution is 2.41. The Bertz CT molecular complexity index is 902. The first kappa shape index (κ1) is 22.1. The molecule has 3 rings (SSSR count). The second-order valence-corrected chi connectivity index (χ2v) is 8.56. The first-order chi connectivity index (χ1) is 14.4. The van der Waals surface area contributed by atoms with Crippen molar-refractivity contribution < 1.29 is 24.2 Å². The Morgan fingerprint density at radius 3 is 2.53 bits per heavy atom. The average Bonchev–Trinajstić information content (AvgIpc) is 3.35. The third kappa shape index (κ3) is 4.74. The summed E-state index contributed by atoms with van der Waals surface area (Å²) < 4.78 is 10.8. The van der Waals surface area contributed by atoms with Crippen molar-refractivity contribution in [3.05, 3.63) is 57.8 Å². The van der Waals surface area contributed by atoms with Gasteiger partial charge in [-0.15, -0.1) is 11.3 Å². The summed E-state index contributed by atoms with van der Waals surface area (Å²) in [7, 11) is 1.60. The lowest BCUT2D eigenvalue weighted by Gasteiger charge is -2.24. The standard InChI is InChI=1S/C23H27NO5S/c1-15(2)14-29-17-9-7-16(8-10-17)21(25)19-20(18-6-4-13-30-18)24(11-5-12-28-3)23(27)22(19)26/h4,6-10,13,15,20,25H,5,11-12,14H2,1-3H3/t20-/m0/s1. The molecule has 1 N–H and O–H groups in total. The molecule has 0 spiro atoms. The largest absolute Gasteiger partial charge is 0.507 e. The summed E-state index contributed by atoms with van der Waals surface area (Å²) in [6, 6.07) is 10.1. The summed E-state index contributed by atoms with van der Waals surface area (Å²) in [4.78, 5) is 27.9. The monoisotopic (exact) mass is 429 g/mol. The van der Waals surface area contributed by atoms with Crippen LogP contribution in [0, 0.1) is 5.92 Å². The Morgan fingerprint density at radius 1 is 1.20 bits per heavy atom. The molecule has 1 aliphatic rings. The van der Waals surface area contributed by atoms with E-state index in [1.165, 1.54) is 16.2 Å². The summed E-state index contributed by atoms with van der Waals surface area (Å²) in [5, 5.41) is 12.9. The molecular weight excluding hydrogens is 402 g/mol. The molecule has 0 saturated carbocycles. The van der Waals surface area contributed by atoms with Crippen LogP contribution >= 0.6 is 11.3 Å². The molecule has 0 unspecified atom stereocenters. The third-order valence-corrected chi connectivity index (χ3v) is 5.74. The molecule has 0 bridgehead atoms. The number of methoxy groups -OCH3 is 1. The van der Waals surface area contributed by atoms with E-state index in [1.54, 1.807) is 31.4 Å². The normalized spacial score (nSPS) is 18.4. The van der Waals surface area contributed by atoms with Crippen LogP contribution in [0.25, 0.3) is 5.76 Å². The van der Waals surface area contributed by atoms with Crippen LogP contribution < -0.4 is 4.74 Å². The van der Waals surface area contributed by atoms with Crippen LogP contribution in [-0.4, -0.2) is 48.6 Å². The van der Waals surface area contributed by atoms with Gasteiger partial charge in [-0.25, -0.2) is 0 Å². The number of rotatable bonds is 9. The number of aliphatic hydroxyl groups excluding tert-OH is 1. The van der Waals surface area contributed by atoms with Gasteiger partial charge in [0.2, 0.25) is 0 Å². The van der Waals surface area contributed by atoms with Gasteiger partial charge in [0.1, 0.15) is 11.5 Å². The Hall–Kier alpha value is -2.64. The fourth-order valence-corrected chi connectivity index (χ4v) is 4.21. The molecule has 1 atom stereocenters. The van der Waals surface area contributed by atoms with Crippen LogP contribution in [-0.2, 0) is 14.3 Å². The van der Waals surface area contributed by atoms with Gasteiger partial charge < -0.3 is 19.5 Å². The van der Waals surface area contributed by atoms with Crippen LogP contribution in [0.5, 0.6) is 5.75 Å². The van der Waals surface area contributed by atoms with E-state index in [4.69, 9.17) is 9.47 Å². The molecule has 6 nitrogen and oxygen atoms in total. The Labute approximate surface area is 180 Å². The maximum Gasteiger partial charge on any atom is 0.295 e. The van der Waals surface area contributed by atoms with Crippen molar-refractivity contribution >= 4 is 28.8 Å². The van der Waals surface area contributed by atoms with Crippen molar-refractivity contribution in [2.24, 2.45) is 5.92 Å². The van der Waals surface area contributed by atoms with Crippen molar-refractivity contribution in [3.63, 3.8) is 0 Å². The summed E-state index contributed by atoms with van der Waals surface area (Å²) in [6.07, 6.45) is 0.604. The molecule has 1 aromatic heterocycles. The molecule has 2 aromatic rings. The van der Waals surface area contributed by atoms with Crippen molar-refractivity contribution in [1.82, 2.24) is 4.90 Å². The molecule has 0 radical (unpaired) electrons. The molecule has 30 heavy (non-hydrogen) atoms. The van der Waals surface area contributed by atoms with Gasteiger partial charge in [-0.05, 0) is 48.1 Å². The summed E-state index contributed by atoms with van der Waals surface area (Å²) in [5.74, 6) is -0.337. The fraction of sp³-hybridized carbons (Fsp3) is 0.391. The van der Waals surface area contributed by atoms with E-state index < -0.39 is 17.7 Å². The number of ether oxygens (including phenoxy) is 2. The molecule has 1 aromatic carbocycles. The van der Waals surface area contributed by atoms with E-state index in [-0.39, 0.29) is 11.3 Å². The van der Waals surface area contributed by atoms with Gasteiger partial charge in [0.15, 0.2) is 0 Å². The number of hydrogen-bond acceptors (Lipinski definition) is 6. The number of benzene rings is 1. The van der Waals surface area contributed by atoms with Crippen LogP contribution in [0.3, 0.4) is 0 Å². The summed E-state index contributed by atoms with van der Waals surface area (Å²) in [6.45, 7) is 5.58. The number of carbonyl (C=O) groups excluding carboxylic acids is 2. The number of aliphatic hydroxyl groups is 1. The minimum atomic E-state index is -0.663. The SMILES string of the molecule is COCCCN1C(=O)C(=O)C(=C(O)c2ccc(OCC(C)C)cc2)[C@@H]1c1cccs1. The van der Waals surface area contributed by atoms with Gasteiger partial charge in [-0.2, -0.15) is 0 Å². The van der Waals surface area contributed by atoms with Crippen LogP contribution in [0.4, 0.5) is 0 Å². The molecule has 2 heterocycles. The highest BCUT2D eigenvalue weighted by Gasteiger charge is 2.46. The maximum absolute atomic E-state index is 12.9. The van der Waals surface area contributed by atoms with E-state index >= 15 is 0 Å². The summed E-state index contributed by atoms with van der Waals surface area (Å²) in [5.41, 5.74) is 0.596. The zero-order valence-corrected chi connectivity index (χ0v) is 18.3. The molecule has 7 heteroatoms. The number of hydrogen-bond donors (Lipinski definition) is 1. The molecule has 1 amide bonds. The van der Waals surface area contributed by atoms with E-state index in [2.05, 4.69) is 13.8 Å². The molecular formula is C23H27NO5S. The Morgan fingerprint density at radius 2 is 1.93 bits per heavy atom. The van der Waals surface area contributed by atoms with Crippen LogP contribution in [0.2, 0.25) is 0 Å². The number of Topliss-reactive ketones (excluding diaryl/α,β-unsaturated/α-hetero) is 1. The summed E-state index contributed by atoms with van der Waals surface area (Å²) >= 11 is 1.45. The van der Waals surface area contributed by atoms with Gasteiger partial charge in [0, 0.05) is 30.7 Å². The minimum Gasteiger partial charge on any atom is -0.507 e. The van der Waals surface area contributed by atoms with E-state index in [0.717, 1.165) is 4.88 Å². The van der Waals surface area contributed by atoms with Gasteiger partial charge in [-0.1, -0.05) is 19.9 Å². The van der Waals surface area contributed by atoms with Crippen LogP contribution in [0.15, 0.2) is 47.4 Å². The van der Waals surface area contributed by atoms with Gasteiger partial charge >= 0.3 is 0 Å². The first-order valence-corrected chi connectivity index (χ1v) is 10.9. The van der Waals surface area contributed by atoms with Crippen molar-refractivity contribution in [2.75, 3.05) is 26.9 Å². The lowest BCUT2D eigenvalue weighted by atomic mass is 10.00. The number of amides is 1. The molecule has 1 aliphatic heterocycles. The highest BCUT2D eigenvalue weighted by molar-refractivity contribution is 7.10. The molecule has 160 valence electrons. The number of nitrogens with zero attached hydrogens (tertiary/aromatic N) is 1. The van der Waals surface area contributed by atoms with Gasteiger partial charge in [0.05, 0.1) is 18.2 Å². The number of likely N-dealkylation sites (tertiary alicyclic amines) is 1. The quantitative estimate of drug-likeness (QED) is 0.279. The smallest absolute Gasteiger partial charge is 0.295 e. The number of thiophene rings is 1. The Kier molecular flexibility index (Phi) is 7.29. The zero-order chi connectivity index (χ0) is 21.7. The molecule has 1 saturated heterocycles. The van der Waals surface area contributed by atoms with E-state index in [1.807, 2.05) is 17.5 Å². The second-order valence-electron chi connectivity index (χ2n) is 7.58. The molecule has 0 aliphatic carbocycles. The third-order valence-electron chi connectivity index (χ3n) is 4.81. The lowest BCUT2D eigenvalue weighted by Crippen LogP contribution is -2.31. The average molecular weight is 430 g/mol. The van der Waals surface area contributed by atoms with E-state index in [9.17, 15) is 14.7 Å². The highest BCUT2D eigenvalue weighted by atomic mass is 32.1. The van der Waals surface area contributed by atoms with Crippen molar-refractivity contribution in [2.45, 2.75) is 26.3 Å². The van der Waals surface area contributed by atoms with Crippen molar-refractivity contribution in [3.8, 4) is 5.75 Å². The first-order valence-electron chi connectivity index (χ1n) is 9.98. The number of carbonyl (C=O) groups is 2.